The van der Waals surface area contributed by atoms with Gasteiger partial charge in [0.1, 0.15) is 24.1 Å². The third kappa shape index (κ3) is 9.13. The Morgan fingerprint density at radius 1 is 1.21 bits per heavy atom. The van der Waals surface area contributed by atoms with E-state index in [0.29, 0.717) is 25.4 Å². The highest BCUT2D eigenvalue weighted by Crippen LogP contribution is 2.23. The number of carbonyl (C=O) groups excluding carboxylic acids is 2. The number of hydrogen-bond donors (Lipinski definition) is 7. The first-order valence-corrected chi connectivity index (χ1v) is 10.9. The molecule has 0 bridgehead atoms. The number of unbranched alkanes of at least 4 members (excludes halogenated alkanes) is 2. The fourth-order valence-corrected chi connectivity index (χ4v) is 2.92. The second kappa shape index (κ2) is 13.7. The van der Waals surface area contributed by atoms with E-state index in [9.17, 15) is 24.6 Å². The van der Waals surface area contributed by atoms with Gasteiger partial charge in [-0.3, -0.25) is 9.79 Å². The van der Waals surface area contributed by atoms with Gasteiger partial charge >= 0.3 is 12.0 Å². The number of rotatable bonds is 13. The molecule has 1 atom stereocenters. The van der Waals surface area contributed by atoms with E-state index in [4.69, 9.17) is 4.74 Å². The zero-order chi connectivity index (χ0) is 24.1. The van der Waals surface area contributed by atoms with Crippen molar-refractivity contribution in [2.45, 2.75) is 32.2 Å². The number of amides is 3. The number of ether oxygens (including phenoxy) is 1. The number of phenolic OH excluding ortho intramolecular Hbond substituents is 1. The molecule has 1 aliphatic heterocycles. The molecule has 1 aromatic carbocycles. The third-order valence-corrected chi connectivity index (χ3v) is 4.69. The van der Waals surface area contributed by atoms with E-state index in [0.717, 1.165) is 38.3 Å². The van der Waals surface area contributed by atoms with E-state index in [-0.39, 0.29) is 17.9 Å². The SMILES string of the molecule is CCCCCNC(=O)N[C@@H](CNC(=O)c1ccc(OCCNC2=NCCN2)cc1O)C(=O)O. The molecule has 0 fully saturated rings. The number of carbonyl (C=O) groups is 3. The van der Waals surface area contributed by atoms with E-state index < -0.39 is 23.9 Å². The molecule has 1 heterocycles. The van der Waals surface area contributed by atoms with Gasteiger partial charge < -0.3 is 41.5 Å². The summed E-state index contributed by atoms with van der Waals surface area (Å²) in [4.78, 5) is 39.8. The van der Waals surface area contributed by atoms with Crippen LogP contribution in [0.5, 0.6) is 11.5 Å². The van der Waals surface area contributed by atoms with Gasteiger partial charge in [0.25, 0.3) is 5.91 Å². The Morgan fingerprint density at radius 2 is 2.03 bits per heavy atom. The molecule has 7 N–H and O–H groups in total. The number of guanidine groups is 1. The molecule has 0 aliphatic carbocycles. The fraction of sp³-hybridized carbons (Fsp3) is 0.524. The third-order valence-electron chi connectivity index (χ3n) is 4.69. The van der Waals surface area contributed by atoms with Crippen LogP contribution in [0, 0.1) is 0 Å². The standard InChI is InChI=1S/C21H32N6O6/c1-2-3-4-7-25-21(32)27-16(19(30)31)13-26-18(29)15-6-5-14(12-17(15)28)33-11-10-24-20-22-8-9-23-20/h5-6,12,16,28H,2-4,7-11,13H2,1H3,(H,26,29)(H,30,31)(H2,22,23,24)(H2,25,27,32)/t16-/m0/s1. The Morgan fingerprint density at radius 3 is 2.70 bits per heavy atom. The summed E-state index contributed by atoms with van der Waals surface area (Å²) in [7, 11) is 0. The minimum Gasteiger partial charge on any atom is -0.507 e. The summed E-state index contributed by atoms with van der Waals surface area (Å²) >= 11 is 0. The predicted octanol–water partition coefficient (Wildman–Crippen LogP) is -0.00780. The van der Waals surface area contributed by atoms with Crippen LogP contribution in [-0.2, 0) is 4.79 Å². The number of phenols is 1. The van der Waals surface area contributed by atoms with Crippen LogP contribution in [0.15, 0.2) is 23.2 Å². The lowest BCUT2D eigenvalue weighted by molar-refractivity contribution is -0.139. The van der Waals surface area contributed by atoms with E-state index >= 15 is 0 Å². The molecule has 0 saturated carbocycles. The van der Waals surface area contributed by atoms with Crippen LogP contribution in [0.2, 0.25) is 0 Å². The van der Waals surface area contributed by atoms with Crippen molar-refractivity contribution in [3.05, 3.63) is 23.8 Å². The molecule has 0 spiro atoms. The lowest BCUT2D eigenvalue weighted by Gasteiger charge is -2.16. The van der Waals surface area contributed by atoms with E-state index in [1.807, 2.05) is 6.92 Å². The maximum atomic E-state index is 12.4. The number of carboxylic acids is 1. The van der Waals surface area contributed by atoms with Crippen LogP contribution >= 0.6 is 0 Å². The zero-order valence-electron chi connectivity index (χ0n) is 18.6. The molecule has 182 valence electrons. The molecule has 0 unspecified atom stereocenters. The number of aromatic hydroxyl groups is 1. The van der Waals surface area contributed by atoms with Crippen molar-refractivity contribution >= 4 is 23.9 Å². The summed E-state index contributed by atoms with van der Waals surface area (Å²) in [5.74, 6) is -1.19. The number of nitrogens with one attached hydrogen (secondary N) is 5. The average Bonchev–Trinajstić information content (AvgIpc) is 3.30. The largest absolute Gasteiger partial charge is 0.507 e. The first-order valence-electron chi connectivity index (χ1n) is 10.9. The second-order valence-corrected chi connectivity index (χ2v) is 7.32. The maximum absolute atomic E-state index is 12.4. The van der Waals surface area contributed by atoms with Crippen molar-refractivity contribution in [2.75, 3.05) is 39.3 Å². The molecular weight excluding hydrogens is 432 g/mol. The van der Waals surface area contributed by atoms with Gasteiger partial charge in [0, 0.05) is 25.7 Å². The number of nitrogens with zero attached hydrogens (tertiary/aromatic N) is 1. The summed E-state index contributed by atoms with van der Waals surface area (Å²) in [6.07, 6.45) is 2.74. The summed E-state index contributed by atoms with van der Waals surface area (Å²) in [6.45, 7) is 4.47. The quantitative estimate of drug-likeness (QED) is 0.200. The second-order valence-electron chi connectivity index (χ2n) is 7.32. The average molecular weight is 465 g/mol. The smallest absolute Gasteiger partial charge is 0.328 e. The van der Waals surface area contributed by atoms with E-state index in [1.54, 1.807) is 0 Å². The van der Waals surface area contributed by atoms with Crippen molar-refractivity contribution in [1.29, 1.82) is 0 Å². The maximum Gasteiger partial charge on any atom is 0.328 e. The van der Waals surface area contributed by atoms with Gasteiger partial charge in [0.05, 0.1) is 18.7 Å². The number of urea groups is 1. The Hall–Kier alpha value is -3.70. The van der Waals surface area contributed by atoms with Crippen LogP contribution < -0.4 is 31.3 Å². The number of aliphatic imine (C=N–C) groups is 1. The molecule has 1 aliphatic rings. The van der Waals surface area contributed by atoms with Crippen molar-refractivity contribution in [3.8, 4) is 11.5 Å². The van der Waals surface area contributed by atoms with Gasteiger partial charge in [-0.1, -0.05) is 19.8 Å². The highest BCUT2D eigenvalue weighted by atomic mass is 16.5. The normalized spacial score (nSPS) is 13.3. The zero-order valence-corrected chi connectivity index (χ0v) is 18.6. The lowest BCUT2D eigenvalue weighted by Crippen LogP contribution is -2.51. The minimum atomic E-state index is -1.32. The molecule has 12 nitrogen and oxygen atoms in total. The summed E-state index contributed by atoms with van der Waals surface area (Å²) in [5.41, 5.74) is -0.0434. The molecule has 12 heteroatoms. The number of hydrogen-bond acceptors (Lipinski definition) is 8. The monoisotopic (exact) mass is 464 g/mol. The van der Waals surface area contributed by atoms with Crippen LogP contribution in [0.1, 0.15) is 36.5 Å². The summed E-state index contributed by atoms with van der Waals surface area (Å²) in [6, 6.07) is 2.26. The molecule has 33 heavy (non-hydrogen) atoms. The van der Waals surface area contributed by atoms with Crippen LogP contribution in [-0.4, -0.2) is 79.5 Å². The molecule has 1 aromatic rings. The highest BCUT2D eigenvalue weighted by Gasteiger charge is 2.22. The van der Waals surface area contributed by atoms with Crippen LogP contribution in [0.4, 0.5) is 4.79 Å². The van der Waals surface area contributed by atoms with Gasteiger partial charge in [-0.15, -0.1) is 0 Å². The number of benzene rings is 1. The van der Waals surface area contributed by atoms with Gasteiger partial charge in [0.2, 0.25) is 0 Å². The Labute approximate surface area is 192 Å². The first kappa shape index (κ1) is 25.6. The van der Waals surface area contributed by atoms with E-state index in [2.05, 4.69) is 31.6 Å². The fourth-order valence-electron chi connectivity index (χ4n) is 2.92. The molecular formula is C21H32N6O6. The van der Waals surface area contributed by atoms with Crippen molar-refractivity contribution in [3.63, 3.8) is 0 Å². The molecule has 0 saturated heterocycles. The first-order chi connectivity index (χ1) is 15.9. The molecule has 0 aromatic heterocycles. The van der Waals surface area contributed by atoms with Crippen LogP contribution in [0.25, 0.3) is 0 Å². The number of aliphatic carboxylic acids is 1. The highest BCUT2D eigenvalue weighted by molar-refractivity contribution is 5.97. The number of carboxylic acid groups (broad SMARTS) is 1. The van der Waals surface area contributed by atoms with Crippen molar-refractivity contribution < 1.29 is 29.3 Å². The Balaban J connectivity index is 1.78. The van der Waals surface area contributed by atoms with Crippen molar-refractivity contribution in [2.24, 2.45) is 4.99 Å². The topological polar surface area (TPSA) is 173 Å². The summed E-state index contributed by atoms with van der Waals surface area (Å²) in [5, 5.41) is 32.9. The van der Waals surface area contributed by atoms with Crippen LogP contribution in [0.3, 0.4) is 0 Å². The van der Waals surface area contributed by atoms with E-state index in [1.165, 1.54) is 18.2 Å². The molecule has 2 rings (SSSR count). The predicted molar refractivity (Wildman–Crippen MR) is 122 cm³/mol. The van der Waals surface area contributed by atoms with Crippen molar-refractivity contribution in [1.82, 2.24) is 26.6 Å². The lowest BCUT2D eigenvalue weighted by atomic mass is 10.1. The molecule has 3 amide bonds. The van der Waals surface area contributed by atoms with Gasteiger partial charge in [-0.2, -0.15) is 0 Å². The molecule has 0 radical (unpaired) electrons. The van der Waals surface area contributed by atoms with Gasteiger partial charge in [-0.05, 0) is 18.6 Å². The van der Waals surface area contributed by atoms with Gasteiger partial charge in [0.15, 0.2) is 5.96 Å². The minimum absolute atomic E-state index is 0.0434. The Bertz CT molecular complexity index is 847. The Kier molecular flexibility index (Phi) is 10.6. The summed E-state index contributed by atoms with van der Waals surface area (Å²) < 4.78 is 5.53. The van der Waals surface area contributed by atoms with Gasteiger partial charge in [-0.25, -0.2) is 9.59 Å².